The topological polar surface area (TPSA) is 44.3 Å². The number of nitrogens with one attached hydrogen (secondary N) is 2. The van der Waals surface area contributed by atoms with Crippen molar-refractivity contribution in [2.24, 2.45) is 0 Å². The van der Waals surface area contributed by atoms with Crippen molar-refractivity contribution in [1.29, 1.82) is 0 Å². The summed E-state index contributed by atoms with van der Waals surface area (Å²) >= 11 is 0. The zero-order valence-electron chi connectivity index (χ0n) is 6.70. The molecule has 1 aliphatic heterocycles. The zero-order valence-corrected chi connectivity index (χ0v) is 6.70. The van der Waals surface area contributed by atoms with E-state index in [1.54, 1.807) is 0 Å². The van der Waals surface area contributed by atoms with Gasteiger partial charge in [0.1, 0.15) is 6.23 Å². The first kappa shape index (κ1) is 7.73. The highest BCUT2D eigenvalue weighted by molar-refractivity contribution is 5.21. The molecule has 12 heavy (non-hydrogen) atoms. The summed E-state index contributed by atoms with van der Waals surface area (Å²) < 4.78 is 0. The number of hydrazine groups is 1. The molecule has 0 spiro atoms. The molecule has 3 nitrogen and oxygen atoms in total. The van der Waals surface area contributed by atoms with Crippen molar-refractivity contribution in [2.75, 3.05) is 6.54 Å². The first-order valence-corrected chi connectivity index (χ1v) is 4.09. The van der Waals surface area contributed by atoms with Crippen molar-refractivity contribution in [3.63, 3.8) is 0 Å². The van der Waals surface area contributed by atoms with E-state index in [1.807, 2.05) is 30.3 Å². The van der Waals surface area contributed by atoms with Gasteiger partial charge in [0, 0.05) is 12.5 Å². The van der Waals surface area contributed by atoms with Crippen LogP contribution in [0.25, 0.3) is 0 Å². The van der Waals surface area contributed by atoms with Gasteiger partial charge in [-0.05, 0) is 5.56 Å². The molecular formula is C9H12N2O. The molecule has 0 aliphatic carbocycles. The third-order valence-corrected chi connectivity index (χ3v) is 2.18. The summed E-state index contributed by atoms with van der Waals surface area (Å²) in [5.41, 5.74) is 6.86. The van der Waals surface area contributed by atoms with Gasteiger partial charge >= 0.3 is 0 Å². The highest BCUT2D eigenvalue weighted by Gasteiger charge is 2.25. The molecule has 1 saturated heterocycles. The quantitative estimate of drug-likeness (QED) is 0.555. The van der Waals surface area contributed by atoms with E-state index < -0.39 is 6.23 Å². The molecular weight excluding hydrogens is 152 g/mol. The highest BCUT2D eigenvalue weighted by atomic mass is 16.3. The monoisotopic (exact) mass is 164 g/mol. The minimum Gasteiger partial charge on any atom is -0.377 e. The Morgan fingerprint density at radius 1 is 1.25 bits per heavy atom. The Hall–Kier alpha value is -0.900. The smallest absolute Gasteiger partial charge is 0.125 e. The molecule has 1 heterocycles. The standard InChI is InChI=1S/C9H12N2O/c12-9-8(6-10-11-9)7-4-2-1-3-5-7/h1-5,8-12H,6H2. The van der Waals surface area contributed by atoms with Crippen LogP contribution < -0.4 is 10.9 Å². The molecule has 1 aromatic carbocycles. The van der Waals surface area contributed by atoms with Gasteiger partial charge in [-0.2, -0.15) is 0 Å². The van der Waals surface area contributed by atoms with Gasteiger partial charge in [0.05, 0.1) is 0 Å². The van der Waals surface area contributed by atoms with Crippen molar-refractivity contribution < 1.29 is 5.11 Å². The normalized spacial score (nSPS) is 29.1. The van der Waals surface area contributed by atoms with E-state index in [4.69, 9.17) is 0 Å². The molecule has 3 N–H and O–H groups in total. The second kappa shape index (κ2) is 3.23. The van der Waals surface area contributed by atoms with Crippen LogP contribution in [-0.2, 0) is 0 Å². The molecule has 1 aliphatic rings. The van der Waals surface area contributed by atoms with Gasteiger partial charge in [0.2, 0.25) is 0 Å². The molecule has 3 heteroatoms. The molecule has 0 aromatic heterocycles. The van der Waals surface area contributed by atoms with Crippen molar-refractivity contribution in [2.45, 2.75) is 12.1 Å². The second-order valence-electron chi connectivity index (χ2n) is 2.99. The van der Waals surface area contributed by atoms with Crippen LogP contribution in [0.5, 0.6) is 0 Å². The van der Waals surface area contributed by atoms with Crippen molar-refractivity contribution >= 4 is 0 Å². The van der Waals surface area contributed by atoms with Crippen LogP contribution in [0, 0.1) is 0 Å². The maximum Gasteiger partial charge on any atom is 0.125 e. The lowest BCUT2D eigenvalue weighted by atomic mass is 9.99. The molecule has 0 saturated carbocycles. The minimum atomic E-state index is -0.465. The molecule has 1 fully saturated rings. The average Bonchev–Trinajstić information content (AvgIpc) is 2.53. The van der Waals surface area contributed by atoms with Crippen LogP contribution in [-0.4, -0.2) is 17.9 Å². The number of aliphatic hydroxyl groups is 1. The predicted molar refractivity (Wildman–Crippen MR) is 46.3 cm³/mol. The zero-order chi connectivity index (χ0) is 8.39. The van der Waals surface area contributed by atoms with E-state index in [9.17, 15) is 5.11 Å². The number of hydrogen-bond donors (Lipinski definition) is 3. The maximum absolute atomic E-state index is 9.47. The van der Waals surface area contributed by atoms with E-state index >= 15 is 0 Å². The van der Waals surface area contributed by atoms with Crippen LogP contribution in [0.4, 0.5) is 0 Å². The molecule has 0 radical (unpaired) electrons. The summed E-state index contributed by atoms with van der Waals surface area (Å²) in [4.78, 5) is 0. The van der Waals surface area contributed by atoms with Gasteiger partial charge in [0.15, 0.2) is 0 Å². The van der Waals surface area contributed by atoms with Crippen LogP contribution in [0.1, 0.15) is 11.5 Å². The summed E-state index contributed by atoms with van der Waals surface area (Å²) in [7, 11) is 0. The van der Waals surface area contributed by atoms with Gasteiger partial charge < -0.3 is 5.11 Å². The van der Waals surface area contributed by atoms with E-state index in [0.717, 1.165) is 6.54 Å². The summed E-state index contributed by atoms with van der Waals surface area (Å²) in [6, 6.07) is 10.0. The summed E-state index contributed by atoms with van der Waals surface area (Å²) in [5.74, 6) is 0.172. The Balaban J connectivity index is 2.19. The van der Waals surface area contributed by atoms with E-state index in [-0.39, 0.29) is 5.92 Å². The van der Waals surface area contributed by atoms with Gasteiger partial charge in [0.25, 0.3) is 0 Å². The van der Waals surface area contributed by atoms with Gasteiger partial charge in [-0.25, -0.2) is 5.43 Å². The van der Waals surface area contributed by atoms with E-state index in [2.05, 4.69) is 10.9 Å². The minimum absolute atomic E-state index is 0.172. The summed E-state index contributed by atoms with van der Waals surface area (Å²) in [6.45, 7) is 0.783. The molecule has 2 rings (SSSR count). The summed E-state index contributed by atoms with van der Waals surface area (Å²) in [6.07, 6.45) is -0.465. The van der Waals surface area contributed by atoms with Crippen LogP contribution in [0.15, 0.2) is 30.3 Å². The van der Waals surface area contributed by atoms with Crippen molar-refractivity contribution in [3.8, 4) is 0 Å². The molecule has 1 aromatic rings. The second-order valence-corrected chi connectivity index (χ2v) is 2.99. The lowest BCUT2D eigenvalue weighted by Crippen LogP contribution is -2.30. The first-order valence-electron chi connectivity index (χ1n) is 4.09. The lowest BCUT2D eigenvalue weighted by Gasteiger charge is -2.12. The summed E-state index contributed by atoms with van der Waals surface area (Å²) in [5, 5.41) is 9.47. The van der Waals surface area contributed by atoms with Crippen LogP contribution in [0.3, 0.4) is 0 Å². The fourth-order valence-corrected chi connectivity index (χ4v) is 1.49. The van der Waals surface area contributed by atoms with Crippen LogP contribution in [0.2, 0.25) is 0 Å². The first-order chi connectivity index (χ1) is 5.88. The van der Waals surface area contributed by atoms with E-state index in [1.165, 1.54) is 5.56 Å². The Morgan fingerprint density at radius 3 is 2.58 bits per heavy atom. The number of rotatable bonds is 1. The third kappa shape index (κ3) is 1.34. The molecule has 0 amide bonds. The molecule has 2 atom stereocenters. The van der Waals surface area contributed by atoms with E-state index in [0.29, 0.717) is 0 Å². The van der Waals surface area contributed by atoms with Crippen LogP contribution >= 0.6 is 0 Å². The Morgan fingerprint density at radius 2 is 2.00 bits per heavy atom. The molecule has 2 unspecified atom stereocenters. The Bertz CT molecular complexity index is 250. The van der Waals surface area contributed by atoms with Gasteiger partial charge in [-0.3, -0.25) is 5.43 Å². The number of benzene rings is 1. The fourth-order valence-electron chi connectivity index (χ4n) is 1.49. The van der Waals surface area contributed by atoms with Crippen molar-refractivity contribution in [3.05, 3.63) is 35.9 Å². The SMILES string of the molecule is OC1NNCC1c1ccccc1. The third-order valence-electron chi connectivity index (χ3n) is 2.18. The Kier molecular flexibility index (Phi) is 2.08. The predicted octanol–water partition coefficient (Wildman–Crippen LogP) is 0.196. The highest BCUT2D eigenvalue weighted by Crippen LogP contribution is 2.19. The maximum atomic E-state index is 9.47. The lowest BCUT2D eigenvalue weighted by molar-refractivity contribution is 0.137. The van der Waals surface area contributed by atoms with Crippen molar-refractivity contribution in [1.82, 2.24) is 10.9 Å². The molecule has 0 bridgehead atoms. The number of hydrogen-bond acceptors (Lipinski definition) is 3. The fraction of sp³-hybridized carbons (Fsp3) is 0.333. The van der Waals surface area contributed by atoms with Gasteiger partial charge in [-0.1, -0.05) is 30.3 Å². The Labute approximate surface area is 71.4 Å². The van der Waals surface area contributed by atoms with Gasteiger partial charge in [-0.15, -0.1) is 0 Å². The molecule has 64 valence electrons. The number of aliphatic hydroxyl groups excluding tert-OH is 1. The average molecular weight is 164 g/mol. The largest absolute Gasteiger partial charge is 0.377 e.